The van der Waals surface area contributed by atoms with Gasteiger partial charge in [0.2, 0.25) is 10.0 Å². The van der Waals surface area contributed by atoms with Crippen molar-refractivity contribution in [1.29, 1.82) is 0 Å². The average molecular weight is 474 g/mol. The first-order chi connectivity index (χ1) is 15.4. The minimum atomic E-state index is -3.60. The first-order valence-corrected chi connectivity index (χ1v) is 12.8. The van der Waals surface area contributed by atoms with Gasteiger partial charge in [-0.25, -0.2) is 8.42 Å². The summed E-state index contributed by atoms with van der Waals surface area (Å²) >= 11 is 5.52. The number of oxazole rings is 1. The number of morpholine rings is 1. The van der Waals surface area contributed by atoms with Crippen molar-refractivity contribution in [1.82, 2.24) is 13.8 Å². The van der Waals surface area contributed by atoms with Gasteiger partial charge in [-0.3, -0.25) is 9.47 Å². The highest BCUT2D eigenvalue weighted by molar-refractivity contribution is 7.89. The summed E-state index contributed by atoms with van der Waals surface area (Å²) in [5, 5.41) is 0. The highest BCUT2D eigenvalue weighted by Gasteiger charge is 2.31. The fraction of sp³-hybridized carbons (Fsp3) is 0.435. The topological polar surface area (TPSA) is 67.9 Å². The van der Waals surface area contributed by atoms with E-state index in [4.69, 9.17) is 21.4 Å². The molecule has 7 nitrogen and oxygen atoms in total. The van der Waals surface area contributed by atoms with Crippen molar-refractivity contribution in [2.24, 2.45) is 0 Å². The second kappa shape index (κ2) is 8.72. The molecule has 1 aliphatic heterocycles. The standard InChI is InChI=1S/C23H27N3O4S2/c1-17-3-2-4-18(13-17)15-24(19-5-6-19)16-26-21-14-20(7-8-22(21)30-23(26)31)32(27,28)25-9-11-29-12-10-25/h2-4,7-8,13-14,19H,5-6,9-12,15-16H2,1H3. The summed E-state index contributed by atoms with van der Waals surface area (Å²) in [6.45, 7) is 5.03. The van der Waals surface area contributed by atoms with E-state index in [0.717, 1.165) is 19.4 Å². The Hall–Kier alpha value is -2.04. The maximum absolute atomic E-state index is 13.2. The van der Waals surface area contributed by atoms with E-state index < -0.39 is 10.0 Å². The summed E-state index contributed by atoms with van der Waals surface area (Å²) in [5.41, 5.74) is 3.80. The van der Waals surface area contributed by atoms with Gasteiger partial charge in [-0.2, -0.15) is 4.31 Å². The minimum absolute atomic E-state index is 0.258. The van der Waals surface area contributed by atoms with E-state index in [1.165, 1.54) is 15.4 Å². The van der Waals surface area contributed by atoms with Gasteiger partial charge in [0.15, 0.2) is 5.58 Å². The number of fused-ring (bicyclic) bond motifs is 1. The first-order valence-electron chi connectivity index (χ1n) is 10.9. The van der Waals surface area contributed by atoms with Crippen LogP contribution in [0.2, 0.25) is 0 Å². The zero-order chi connectivity index (χ0) is 22.3. The van der Waals surface area contributed by atoms with Gasteiger partial charge in [0, 0.05) is 25.7 Å². The molecule has 0 amide bonds. The summed E-state index contributed by atoms with van der Waals surface area (Å²) < 4.78 is 40.8. The SMILES string of the molecule is Cc1cccc(CN(Cn2c(=S)oc3ccc(S(=O)(=O)N4CCOCC4)cc32)C2CC2)c1. The van der Waals surface area contributed by atoms with Crippen LogP contribution in [0.3, 0.4) is 0 Å². The van der Waals surface area contributed by atoms with Crippen molar-refractivity contribution < 1.29 is 17.6 Å². The zero-order valence-corrected chi connectivity index (χ0v) is 19.7. The van der Waals surface area contributed by atoms with Crippen LogP contribution in [0.25, 0.3) is 11.1 Å². The third kappa shape index (κ3) is 4.40. The number of sulfonamides is 1. The van der Waals surface area contributed by atoms with E-state index >= 15 is 0 Å². The molecule has 0 spiro atoms. The fourth-order valence-corrected chi connectivity index (χ4v) is 5.91. The predicted molar refractivity (Wildman–Crippen MR) is 124 cm³/mol. The Kier molecular flexibility index (Phi) is 5.94. The molecule has 2 aromatic carbocycles. The lowest BCUT2D eigenvalue weighted by atomic mass is 10.1. The summed E-state index contributed by atoms with van der Waals surface area (Å²) in [6.07, 6.45) is 2.32. The Morgan fingerprint density at radius 3 is 2.62 bits per heavy atom. The molecule has 2 fully saturated rings. The number of benzene rings is 2. The predicted octanol–water partition coefficient (Wildman–Crippen LogP) is 3.92. The van der Waals surface area contributed by atoms with Gasteiger partial charge in [0.1, 0.15) is 0 Å². The number of ether oxygens (including phenoxy) is 1. The van der Waals surface area contributed by atoms with Crippen LogP contribution in [0.4, 0.5) is 0 Å². The van der Waals surface area contributed by atoms with Crippen molar-refractivity contribution in [3.8, 4) is 0 Å². The highest BCUT2D eigenvalue weighted by atomic mass is 32.2. The van der Waals surface area contributed by atoms with Crippen molar-refractivity contribution in [3.63, 3.8) is 0 Å². The molecule has 32 heavy (non-hydrogen) atoms. The van der Waals surface area contributed by atoms with Crippen LogP contribution < -0.4 is 0 Å². The summed E-state index contributed by atoms with van der Waals surface area (Å²) in [4.78, 5) is 3.01. The second-order valence-corrected chi connectivity index (χ2v) is 10.8. The molecular weight excluding hydrogens is 446 g/mol. The third-order valence-electron chi connectivity index (χ3n) is 6.10. The molecule has 2 heterocycles. The van der Waals surface area contributed by atoms with Gasteiger partial charge < -0.3 is 9.15 Å². The van der Waals surface area contributed by atoms with Crippen LogP contribution >= 0.6 is 12.2 Å². The lowest BCUT2D eigenvalue weighted by Gasteiger charge is -2.26. The molecule has 170 valence electrons. The number of nitrogens with zero attached hydrogens (tertiary/aromatic N) is 3. The van der Waals surface area contributed by atoms with Gasteiger partial charge in [-0.05, 0) is 55.7 Å². The molecule has 1 saturated heterocycles. The van der Waals surface area contributed by atoms with Crippen LogP contribution in [0.1, 0.15) is 24.0 Å². The number of rotatable bonds is 7. The molecule has 0 radical (unpaired) electrons. The molecule has 0 bridgehead atoms. The molecule has 9 heteroatoms. The number of hydrogen-bond donors (Lipinski definition) is 0. The molecule has 2 aliphatic rings. The third-order valence-corrected chi connectivity index (χ3v) is 8.30. The highest BCUT2D eigenvalue weighted by Crippen LogP contribution is 2.31. The van der Waals surface area contributed by atoms with Crippen LogP contribution in [0.5, 0.6) is 0 Å². The quantitative estimate of drug-likeness (QED) is 0.485. The van der Waals surface area contributed by atoms with Gasteiger partial charge >= 0.3 is 0 Å². The summed E-state index contributed by atoms with van der Waals surface area (Å²) in [5.74, 6) is 0. The van der Waals surface area contributed by atoms with Crippen molar-refractivity contribution >= 4 is 33.3 Å². The normalized spacial score (nSPS) is 17.9. The Balaban J connectivity index is 1.47. The molecule has 5 rings (SSSR count). The summed E-state index contributed by atoms with van der Waals surface area (Å²) in [6, 6.07) is 14.0. The minimum Gasteiger partial charge on any atom is -0.429 e. The Labute approximate surface area is 193 Å². The lowest BCUT2D eigenvalue weighted by molar-refractivity contribution is 0.0730. The van der Waals surface area contributed by atoms with E-state index in [2.05, 4.69) is 36.1 Å². The molecule has 1 aromatic heterocycles. The molecule has 1 saturated carbocycles. The van der Waals surface area contributed by atoms with Crippen LogP contribution in [0, 0.1) is 11.8 Å². The Morgan fingerprint density at radius 1 is 1.12 bits per heavy atom. The van der Waals surface area contributed by atoms with E-state index in [1.54, 1.807) is 18.2 Å². The van der Waals surface area contributed by atoms with Gasteiger partial charge in [-0.1, -0.05) is 29.8 Å². The molecule has 0 N–H and O–H groups in total. The van der Waals surface area contributed by atoms with Gasteiger partial charge in [0.05, 0.1) is 30.3 Å². The first kappa shape index (κ1) is 21.8. The number of hydrogen-bond acceptors (Lipinski definition) is 6. The van der Waals surface area contributed by atoms with E-state index in [0.29, 0.717) is 55.0 Å². The molecule has 0 atom stereocenters. The fourth-order valence-electron chi connectivity index (χ4n) is 4.23. The van der Waals surface area contributed by atoms with Crippen molar-refractivity contribution in [2.75, 3.05) is 26.3 Å². The maximum atomic E-state index is 13.2. The Bertz CT molecular complexity index is 1290. The largest absolute Gasteiger partial charge is 0.429 e. The van der Waals surface area contributed by atoms with Gasteiger partial charge in [0.25, 0.3) is 4.84 Å². The maximum Gasteiger partial charge on any atom is 0.270 e. The van der Waals surface area contributed by atoms with Crippen LogP contribution in [-0.4, -0.2) is 54.5 Å². The smallest absolute Gasteiger partial charge is 0.270 e. The number of aryl methyl sites for hydroxylation is 1. The average Bonchev–Trinajstić information content (AvgIpc) is 3.58. The second-order valence-electron chi connectivity index (χ2n) is 8.55. The molecule has 3 aromatic rings. The van der Waals surface area contributed by atoms with Crippen molar-refractivity contribution in [3.05, 3.63) is 58.4 Å². The van der Waals surface area contributed by atoms with Crippen LogP contribution in [0.15, 0.2) is 51.8 Å². The van der Waals surface area contributed by atoms with Crippen LogP contribution in [-0.2, 0) is 28.0 Å². The van der Waals surface area contributed by atoms with Gasteiger partial charge in [-0.15, -0.1) is 0 Å². The molecule has 0 unspecified atom stereocenters. The molecular formula is C23H27N3O4S2. The lowest BCUT2D eigenvalue weighted by Crippen LogP contribution is -2.40. The van der Waals surface area contributed by atoms with E-state index in [9.17, 15) is 8.42 Å². The van der Waals surface area contributed by atoms with E-state index in [-0.39, 0.29) is 4.90 Å². The van der Waals surface area contributed by atoms with E-state index in [1.807, 2.05) is 4.57 Å². The monoisotopic (exact) mass is 473 g/mol. The summed E-state index contributed by atoms with van der Waals surface area (Å²) in [7, 11) is -3.60. The number of aromatic nitrogens is 1. The Morgan fingerprint density at radius 2 is 1.91 bits per heavy atom. The van der Waals surface area contributed by atoms with Crippen molar-refractivity contribution in [2.45, 2.75) is 43.9 Å². The zero-order valence-electron chi connectivity index (χ0n) is 18.1. The molecule has 1 aliphatic carbocycles.